The molecular weight excluding hydrogens is 410 g/mol. The molecule has 0 radical (unpaired) electrons. The zero-order chi connectivity index (χ0) is 18.4. The van der Waals surface area contributed by atoms with Gasteiger partial charge in [0.15, 0.2) is 0 Å². The van der Waals surface area contributed by atoms with Crippen molar-refractivity contribution in [3.63, 3.8) is 0 Å². The van der Waals surface area contributed by atoms with Gasteiger partial charge < -0.3 is 9.84 Å². The van der Waals surface area contributed by atoms with Crippen LogP contribution in [0.4, 0.5) is 0 Å². The summed E-state index contributed by atoms with van der Waals surface area (Å²) in [6, 6.07) is 11.9. The van der Waals surface area contributed by atoms with Crippen LogP contribution in [0.5, 0.6) is 0 Å². The molecule has 0 saturated carbocycles. The van der Waals surface area contributed by atoms with Gasteiger partial charge >= 0.3 is 5.97 Å². The molecule has 2 aromatic rings. The van der Waals surface area contributed by atoms with Crippen LogP contribution in [0.25, 0.3) is 0 Å². The van der Waals surface area contributed by atoms with E-state index >= 15 is 0 Å². The van der Waals surface area contributed by atoms with Gasteiger partial charge in [-0.15, -0.1) is 0 Å². The molecule has 0 aliphatic heterocycles. The van der Waals surface area contributed by atoms with Gasteiger partial charge in [-0.05, 0) is 36.8 Å². The van der Waals surface area contributed by atoms with Gasteiger partial charge in [0.05, 0.1) is 11.5 Å². The number of sulfonamides is 1. The third kappa shape index (κ3) is 5.64. The van der Waals surface area contributed by atoms with Crippen molar-refractivity contribution in [2.75, 3.05) is 6.61 Å². The van der Waals surface area contributed by atoms with Crippen LogP contribution < -0.4 is 4.72 Å². The third-order valence-electron chi connectivity index (χ3n) is 3.39. The fourth-order valence-corrected chi connectivity index (χ4v) is 3.41. The number of hydrogen-bond donors (Lipinski definition) is 2. The number of halogens is 1. The van der Waals surface area contributed by atoms with Crippen molar-refractivity contribution >= 4 is 31.9 Å². The van der Waals surface area contributed by atoms with Crippen LogP contribution in [-0.2, 0) is 26.2 Å². The first kappa shape index (κ1) is 19.6. The predicted octanol–water partition coefficient (Wildman–Crippen LogP) is 2.14. The Morgan fingerprint density at radius 2 is 1.76 bits per heavy atom. The van der Waals surface area contributed by atoms with Crippen LogP contribution in [0.15, 0.2) is 57.9 Å². The molecule has 0 heterocycles. The molecule has 25 heavy (non-hydrogen) atoms. The van der Waals surface area contributed by atoms with Crippen LogP contribution >= 0.6 is 15.9 Å². The van der Waals surface area contributed by atoms with Crippen molar-refractivity contribution in [1.82, 2.24) is 4.72 Å². The van der Waals surface area contributed by atoms with Gasteiger partial charge in [0.2, 0.25) is 10.0 Å². The zero-order valence-corrected chi connectivity index (χ0v) is 15.9. The number of aryl methyl sites for hydroxylation is 1. The van der Waals surface area contributed by atoms with Gasteiger partial charge in [-0.3, -0.25) is 4.79 Å². The summed E-state index contributed by atoms with van der Waals surface area (Å²) >= 11 is 3.22. The summed E-state index contributed by atoms with van der Waals surface area (Å²) in [4.78, 5) is 12.0. The summed E-state index contributed by atoms with van der Waals surface area (Å²) in [5, 5.41) is 9.35. The van der Waals surface area contributed by atoms with Gasteiger partial charge in [0.1, 0.15) is 12.6 Å². The van der Waals surface area contributed by atoms with Crippen LogP contribution in [0.1, 0.15) is 11.1 Å². The standard InChI is InChI=1S/C17H18BrNO5S/c1-12-2-4-13(5-3-12)11-24-17(21)16(10-20)19-25(22,23)15-8-6-14(18)7-9-15/h2-9,16,19-20H,10-11H2,1H3. The lowest BCUT2D eigenvalue weighted by Crippen LogP contribution is -2.44. The van der Waals surface area contributed by atoms with Crippen LogP contribution in [-0.4, -0.2) is 32.1 Å². The number of hydrogen-bond acceptors (Lipinski definition) is 5. The molecule has 2 N–H and O–H groups in total. The summed E-state index contributed by atoms with van der Waals surface area (Å²) in [5.41, 5.74) is 1.84. The number of carbonyl (C=O) groups excluding carboxylic acids is 1. The number of aliphatic hydroxyl groups excluding tert-OH is 1. The molecule has 6 nitrogen and oxygen atoms in total. The Balaban J connectivity index is 2.01. The smallest absolute Gasteiger partial charge is 0.326 e. The van der Waals surface area contributed by atoms with E-state index in [-0.39, 0.29) is 11.5 Å². The first-order valence-electron chi connectivity index (χ1n) is 7.43. The van der Waals surface area contributed by atoms with Gasteiger partial charge in [0.25, 0.3) is 0 Å². The molecule has 0 bridgehead atoms. The molecule has 2 aromatic carbocycles. The van der Waals surface area contributed by atoms with E-state index in [9.17, 15) is 18.3 Å². The summed E-state index contributed by atoms with van der Waals surface area (Å²) in [5.74, 6) is -0.844. The monoisotopic (exact) mass is 427 g/mol. The minimum Gasteiger partial charge on any atom is -0.460 e. The molecular formula is C17H18BrNO5S. The number of benzene rings is 2. The maximum atomic E-state index is 12.3. The quantitative estimate of drug-likeness (QED) is 0.660. The molecule has 1 unspecified atom stereocenters. The molecule has 0 spiro atoms. The van der Waals surface area contributed by atoms with E-state index in [1.54, 1.807) is 12.1 Å². The molecule has 0 aliphatic carbocycles. The van der Waals surface area contributed by atoms with Gasteiger partial charge in [-0.1, -0.05) is 45.8 Å². The first-order chi connectivity index (χ1) is 11.8. The molecule has 2 rings (SSSR count). The number of esters is 1. The normalized spacial score (nSPS) is 12.6. The number of nitrogens with one attached hydrogen (secondary N) is 1. The van der Waals surface area contributed by atoms with Crippen molar-refractivity contribution in [3.8, 4) is 0 Å². The topological polar surface area (TPSA) is 92.7 Å². The largest absolute Gasteiger partial charge is 0.460 e. The Labute approximate surface area is 155 Å². The second-order valence-corrected chi connectivity index (χ2v) is 8.03. The Morgan fingerprint density at radius 3 is 2.32 bits per heavy atom. The van der Waals surface area contributed by atoms with E-state index in [2.05, 4.69) is 20.7 Å². The van der Waals surface area contributed by atoms with Crippen molar-refractivity contribution in [3.05, 3.63) is 64.1 Å². The molecule has 0 amide bonds. The number of rotatable bonds is 7. The summed E-state index contributed by atoms with van der Waals surface area (Å²) in [6.45, 7) is 1.23. The second-order valence-electron chi connectivity index (χ2n) is 5.40. The molecule has 1 atom stereocenters. The molecule has 134 valence electrons. The summed E-state index contributed by atoms with van der Waals surface area (Å²) in [6.07, 6.45) is 0. The minimum atomic E-state index is -3.95. The maximum Gasteiger partial charge on any atom is 0.326 e. The Kier molecular flexibility index (Phi) is 6.71. The molecule has 0 fully saturated rings. The van der Waals surface area contributed by atoms with Crippen LogP contribution in [0, 0.1) is 6.92 Å². The maximum absolute atomic E-state index is 12.3. The highest BCUT2D eigenvalue weighted by Crippen LogP contribution is 2.15. The van der Waals surface area contributed by atoms with Crippen LogP contribution in [0.3, 0.4) is 0 Å². The van der Waals surface area contributed by atoms with Crippen molar-refractivity contribution in [2.45, 2.75) is 24.5 Å². The fourth-order valence-electron chi connectivity index (χ4n) is 1.97. The van der Waals surface area contributed by atoms with Gasteiger partial charge in [-0.25, -0.2) is 8.42 Å². The summed E-state index contributed by atoms with van der Waals surface area (Å²) in [7, 11) is -3.95. The van der Waals surface area contributed by atoms with E-state index in [0.29, 0.717) is 0 Å². The average Bonchev–Trinajstić information content (AvgIpc) is 2.59. The molecule has 8 heteroatoms. The predicted molar refractivity (Wildman–Crippen MR) is 96.3 cm³/mol. The van der Waals surface area contributed by atoms with Gasteiger partial charge in [-0.2, -0.15) is 4.72 Å². The SMILES string of the molecule is Cc1ccc(COC(=O)C(CO)NS(=O)(=O)c2ccc(Br)cc2)cc1. The number of aliphatic hydroxyl groups is 1. The van der Waals surface area contributed by atoms with Crippen molar-refractivity contribution in [1.29, 1.82) is 0 Å². The van der Waals surface area contributed by atoms with E-state index in [0.717, 1.165) is 15.6 Å². The van der Waals surface area contributed by atoms with Crippen molar-refractivity contribution in [2.24, 2.45) is 0 Å². The Hall–Kier alpha value is -1.74. The van der Waals surface area contributed by atoms with Crippen molar-refractivity contribution < 1.29 is 23.1 Å². The second kappa shape index (κ2) is 8.57. The van der Waals surface area contributed by atoms with E-state index < -0.39 is 28.6 Å². The fraction of sp³-hybridized carbons (Fsp3) is 0.235. The highest BCUT2D eigenvalue weighted by atomic mass is 79.9. The van der Waals surface area contributed by atoms with Crippen LogP contribution in [0.2, 0.25) is 0 Å². The van der Waals surface area contributed by atoms with E-state index in [1.165, 1.54) is 12.1 Å². The number of carbonyl (C=O) groups is 1. The third-order valence-corrected chi connectivity index (χ3v) is 5.41. The first-order valence-corrected chi connectivity index (χ1v) is 9.70. The molecule has 0 saturated heterocycles. The number of ether oxygens (including phenoxy) is 1. The van der Waals surface area contributed by atoms with E-state index in [4.69, 9.17) is 4.74 Å². The molecule has 0 aliphatic rings. The average molecular weight is 428 g/mol. The highest BCUT2D eigenvalue weighted by molar-refractivity contribution is 9.10. The lowest BCUT2D eigenvalue weighted by molar-refractivity contribution is -0.148. The minimum absolute atomic E-state index is 0.00434. The zero-order valence-electron chi connectivity index (χ0n) is 13.5. The van der Waals surface area contributed by atoms with E-state index in [1.807, 2.05) is 31.2 Å². The lowest BCUT2D eigenvalue weighted by atomic mass is 10.2. The summed E-state index contributed by atoms with van der Waals surface area (Å²) < 4.78 is 32.5. The lowest BCUT2D eigenvalue weighted by Gasteiger charge is -2.16. The Bertz CT molecular complexity index is 819. The highest BCUT2D eigenvalue weighted by Gasteiger charge is 2.26. The van der Waals surface area contributed by atoms with Gasteiger partial charge in [0, 0.05) is 4.47 Å². The Morgan fingerprint density at radius 1 is 1.16 bits per heavy atom. The molecule has 0 aromatic heterocycles.